The van der Waals surface area contributed by atoms with E-state index in [1.807, 2.05) is 48.7 Å². The van der Waals surface area contributed by atoms with E-state index >= 15 is 0 Å². The van der Waals surface area contributed by atoms with Gasteiger partial charge in [0.05, 0.1) is 5.52 Å². The van der Waals surface area contributed by atoms with Crippen molar-refractivity contribution < 1.29 is 10.6 Å². The van der Waals surface area contributed by atoms with Gasteiger partial charge in [0.15, 0.2) is 5.76 Å². The van der Waals surface area contributed by atoms with Crippen molar-refractivity contribution in [1.29, 1.82) is 0 Å². The van der Waals surface area contributed by atoms with Gasteiger partial charge in [0.2, 0.25) is 5.95 Å². The number of anilines is 1. The number of rotatable bonds is 5. The summed E-state index contributed by atoms with van der Waals surface area (Å²) < 4.78 is 5.77. The minimum absolute atomic E-state index is 0. The molecule has 2 aromatic heterocycles. The Morgan fingerprint density at radius 3 is 2.91 bits per heavy atom. The third kappa shape index (κ3) is 3.49. The Kier molecular flexibility index (Phi) is 4.59. The van der Waals surface area contributed by atoms with Gasteiger partial charge in [-0.25, -0.2) is 9.97 Å². The molecule has 0 radical (unpaired) electrons. The summed E-state index contributed by atoms with van der Waals surface area (Å²) in [5.74, 6) is 4.24. The maximum Gasteiger partial charge on any atom is 0.287 e. The van der Waals surface area contributed by atoms with Crippen LogP contribution in [-0.2, 0) is 0 Å². The van der Waals surface area contributed by atoms with Crippen LogP contribution >= 0.6 is 0 Å². The maximum atomic E-state index is 12.5. The predicted molar refractivity (Wildman–Crippen MR) is 127 cm³/mol. The van der Waals surface area contributed by atoms with E-state index in [1.165, 1.54) is 0 Å². The van der Waals surface area contributed by atoms with Crippen LogP contribution in [0.3, 0.4) is 0 Å². The normalized spacial score (nSPS) is 25.5. The highest BCUT2D eigenvalue weighted by Gasteiger charge is 2.55. The Hall–Kier alpha value is -3.41. The molecule has 0 spiro atoms. The van der Waals surface area contributed by atoms with Crippen LogP contribution in [0.15, 0.2) is 53.1 Å². The standard InChI is InChI=1S/C26H26N4O2.H2/c1-16-6-8-17-12-24(32-23(17)9-7-16)25(31)27-11-10-19-20-14-30(15-21(19)20)26-28-13-18-4-2-3-5-22(18)29-26;/h2-9,12-13,16,19-21H,10-11,14-15H2,1H3,(H,27,31);1H/t16?,19?,20-,21+;. The fraction of sp³-hybridized carbons (Fsp3) is 0.346. The van der Waals surface area contributed by atoms with Gasteiger partial charge in [0.25, 0.3) is 5.91 Å². The average molecular weight is 429 g/mol. The van der Waals surface area contributed by atoms with Crippen molar-refractivity contribution in [3.8, 4) is 0 Å². The summed E-state index contributed by atoms with van der Waals surface area (Å²) >= 11 is 0. The van der Waals surface area contributed by atoms with Crippen LogP contribution in [0.4, 0.5) is 5.95 Å². The first-order chi connectivity index (χ1) is 15.7. The van der Waals surface area contributed by atoms with Crippen LogP contribution in [0, 0.1) is 23.7 Å². The van der Waals surface area contributed by atoms with Gasteiger partial charge >= 0.3 is 0 Å². The van der Waals surface area contributed by atoms with Crippen molar-refractivity contribution in [2.45, 2.75) is 13.3 Å². The maximum absolute atomic E-state index is 12.5. The molecule has 3 heterocycles. The SMILES string of the molecule is CC1C=Cc2cc(C(=O)NCCC3[C@H]4CN(c5ncc6ccccc6n5)C[C@@H]34)oc2C=C1.[HH]. The number of allylic oxidation sites excluding steroid dienone is 2. The number of carbonyl (C=O) groups excluding carboxylic acids is 1. The number of carbonyl (C=O) groups is 1. The van der Waals surface area contributed by atoms with Gasteiger partial charge in [0, 0.05) is 38.2 Å². The molecule has 32 heavy (non-hydrogen) atoms. The van der Waals surface area contributed by atoms with E-state index in [2.05, 4.69) is 34.3 Å². The van der Waals surface area contributed by atoms with Crippen LogP contribution in [0.2, 0.25) is 0 Å². The van der Waals surface area contributed by atoms with Gasteiger partial charge in [-0.3, -0.25) is 4.79 Å². The molecule has 6 rings (SSSR count). The van der Waals surface area contributed by atoms with Crippen molar-refractivity contribution in [1.82, 2.24) is 15.3 Å². The van der Waals surface area contributed by atoms with Gasteiger partial charge in [-0.05, 0) is 48.3 Å². The molecule has 6 heteroatoms. The number of para-hydroxylation sites is 1. The minimum Gasteiger partial charge on any atom is -0.451 e. The molecule has 1 aromatic carbocycles. The third-order valence-corrected chi connectivity index (χ3v) is 7.04. The number of hydrogen-bond acceptors (Lipinski definition) is 5. The second-order valence-corrected chi connectivity index (χ2v) is 9.18. The molecular formula is C26H28N4O2. The largest absolute Gasteiger partial charge is 0.451 e. The van der Waals surface area contributed by atoms with Crippen LogP contribution in [0.5, 0.6) is 0 Å². The van der Waals surface area contributed by atoms with Crippen molar-refractivity contribution in [3.05, 3.63) is 65.8 Å². The highest BCUT2D eigenvalue weighted by atomic mass is 16.3. The van der Waals surface area contributed by atoms with E-state index < -0.39 is 0 Å². The number of fused-ring (bicyclic) bond motifs is 3. The lowest BCUT2D eigenvalue weighted by atomic mass is 10.1. The number of nitrogens with zero attached hydrogens (tertiary/aromatic N) is 3. The topological polar surface area (TPSA) is 71.3 Å². The number of furan rings is 1. The van der Waals surface area contributed by atoms with Gasteiger partial charge in [0.1, 0.15) is 5.76 Å². The second-order valence-electron chi connectivity index (χ2n) is 9.18. The molecule has 2 fully saturated rings. The molecule has 3 aliphatic rings. The number of aromatic nitrogens is 2. The quantitative estimate of drug-likeness (QED) is 0.641. The van der Waals surface area contributed by atoms with E-state index in [4.69, 9.17) is 9.40 Å². The Balaban J connectivity index is 0.00000228. The van der Waals surface area contributed by atoms with Crippen LogP contribution in [-0.4, -0.2) is 35.5 Å². The lowest BCUT2D eigenvalue weighted by Crippen LogP contribution is -2.28. The first kappa shape index (κ1) is 19.3. The zero-order valence-corrected chi connectivity index (χ0v) is 18.1. The first-order valence-corrected chi connectivity index (χ1v) is 11.4. The summed E-state index contributed by atoms with van der Waals surface area (Å²) in [5.41, 5.74) is 1.96. The molecule has 1 N–H and O–H groups in total. The lowest BCUT2D eigenvalue weighted by Gasteiger charge is -2.20. The summed E-state index contributed by atoms with van der Waals surface area (Å²) in [6.07, 6.45) is 11.1. The first-order valence-electron chi connectivity index (χ1n) is 11.4. The highest BCUT2D eigenvalue weighted by Crippen LogP contribution is 2.53. The summed E-state index contributed by atoms with van der Waals surface area (Å²) in [6.45, 7) is 4.80. The zero-order chi connectivity index (χ0) is 21.7. The van der Waals surface area contributed by atoms with E-state index in [0.717, 1.165) is 47.7 Å². The molecule has 164 valence electrons. The average Bonchev–Trinajstić information content (AvgIpc) is 3.14. The molecule has 4 atom stereocenters. The van der Waals surface area contributed by atoms with Gasteiger partial charge in [-0.15, -0.1) is 0 Å². The van der Waals surface area contributed by atoms with Crippen LogP contribution < -0.4 is 10.2 Å². The van der Waals surface area contributed by atoms with E-state index in [9.17, 15) is 4.79 Å². The predicted octanol–water partition coefficient (Wildman–Crippen LogP) is 4.65. The summed E-state index contributed by atoms with van der Waals surface area (Å²) in [7, 11) is 0. The lowest BCUT2D eigenvalue weighted by molar-refractivity contribution is 0.0924. The number of amides is 1. The molecule has 0 bridgehead atoms. The monoisotopic (exact) mass is 428 g/mol. The van der Waals surface area contributed by atoms with Crippen LogP contribution in [0.1, 0.15) is 36.6 Å². The Bertz CT molecular complexity index is 1210. The smallest absolute Gasteiger partial charge is 0.287 e. The van der Waals surface area contributed by atoms with Crippen molar-refractivity contribution in [2.24, 2.45) is 23.7 Å². The molecule has 1 amide bonds. The van der Waals surface area contributed by atoms with Crippen molar-refractivity contribution >= 4 is 34.9 Å². The highest BCUT2D eigenvalue weighted by molar-refractivity contribution is 5.92. The number of piperidine rings is 1. The van der Waals surface area contributed by atoms with E-state index in [1.54, 1.807) is 0 Å². The Labute approximate surface area is 188 Å². The fourth-order valence-corrected chi connectivity index (χ4v) is 5.15. The molecule has 1 saturated carbocycles. The van der Waals surface area contributed by atoms with E-state index in [0.29, 0.717) is 36.0 Å². The molecule has 2 aliphatic carbocycles. The molecule has 1 aliphatic heterocycles. The zero-order valence-electron chi connectivity index (χ0n) is 18.1. The Morgan fingerprint density at radius 2 is 2.03 bits per heavy atom. The van der Waals surface area contributed by atoms with Gasteiger partial charge in [-0.1, -0.05) is 43.4 Å². The van der Waals surface area contributed by atoms with Gasteiger partial charge in [-0.2, -0.15) is 0 Å². The number of hydrogen-bond donors (Lipinski definition) is 1. The minimum atomic E-state index is -0.134. The summed E-state index contributed by atoms with van der Waals surface area (Å²) in [4.78, 5) is 24.1. The Morgan fingerprint density at radius 1 is 1.22 bits per heavy atom. The summed E-state index contributed by atoms with van der Waals surface area (Å²) in [6, 6.07) is 9.93. The third-order valence-electron chi connectivity index (χ3n) is 7.04. The molecule has 1 saturated heterocycles. The van der Waals surface area contributed by atoms with E-state index in [-0.39, 0.29) is 7.33 Å². The van der Waals surface area contributed by atoms with Crippen molar-refractivity contribution in [3.63, 3.8) is 0 Å². The fourth-order valence-electron chi connectivity index (χ4n) is 5.15. The van der Waals surface area contributed by atoms with Gasteiger partial charge < -0.3 is 14.6 Å². The van der Waals surface area contributed by atoms with Crippen molar-refractivity contribution in [2.75, 3.05) is 24.5 Å². The molecule has 2 unspecified atom stereocenters. The number of nitrogens with one attached hydrogen (secondary N) is 1. The summed E-state index contributed by atoms with van der Waals surface area (Å²) in [5, 5.41) is 4.11. The molecule has 6 nitrogen and oxygen atoms in total. The second kappa shape index (κ2) is 7.62. The number of benzene rings is 1. The molecule has 3 aromatic rings. The molecular weight excluding hydrogens is 400 g/mol. The van der Waals surface area contributed by atoms with Crippen LogP contribution in [0.25, 0.3) is 23.1 Å².